The normalized spacial score (nSPS) is 11.5. The van der Waals surface area contributed by atoms with Crippen molar-refractivity contribution in [1.82, 2.24) is 14.5 Å². The molecule has 1 aromatic heterocycles. The standard InChI is InChI=1S/C12H13ClN4O2S2/c1-17-7-8(5-15-17)6-16-21(18,19)11-4-9(12(14)20)2-3-10(11)13/h2-5,7,16H,6H2,1H3,(H2,14,20). The molecular formula is C12H13ClN4O2S2. The fraction of sp³-hybridized carbons (Fsp3) is 0.167. The van der Waals surface area contributed by atoms with Crippen molar-refractivity contribution in [1.29, 1.82) is 0 Å². The van der Waals surface area contributed by atoms with Gasteiger partial charge in [0.2, 0.25) is 10.0 Å². The van der Waals surface area contributed by atoms with Gasteiger partial charge in [-0.3, -0.25) is 4.68 Å². The smallest absolute Gasteiger partial charge is 0.242 e. The molecule has 21 heavy (non-hydrogen) atoms. The number of rotatable bonds is 5. The van der Waals surface area contributed by atoms with Gasteiger partial charge in [0.1, 0.15) is 9.88 Å². The first-order valence-corrected chi connectivity index (χ1v) is 8.13. The molecule has 2 rings (SSSR count). The molecule has 0 amide bonds. The Morgan fingerprint density at radius 1 is 1.52 bits per heavy atom. The van der Waals surface area contributed by atoms with Crippen molar-refractivity contribution < 1.29 is 8.42 Å². The molecule has 9 heteroatoms. The Morgan fingerprint density at radius 3 is 2.81 bits per heavy atom. The van der Waals surface area contributed by atoms with E-state index in [9.17, 15) is 8.42 Å². The van der Waals surface area contributed by atoms with Gasteiger partial charge in [-0.25, -0.2) is 13.1 Å². The molecule has 0 aliphatic carbocycles. The molecule has 0 radical (unpaired) electrons. The Bertz CT molecular complexity index is 786. The van der Waals surface area contributed by atoms with Crippen LogP contribution in [-0.4, -0.2) is 23.2 Å². The minimum Gasteiger partial charge on any atom is -0.389 e. The topological polar surface area (TPSA) is 90.0 Å². The third-order valence-corrected chi connectivity index (χ3v) is 4.85. The van der Waals surface area contributed by atoms with Crippen LogP contribution in [-0.2, 0) is 23.6 Å². The Hall–Kier alpha value is -1.48. The SMILES string of the molecule is Cn1cc(CNS(=O)(=O)c2cc(C(N)=S)ccc2Cl)cn1. The van der Waals surface area contributed by atoms with Gasteiger partial charge in [0.05, 0.1) is 11.2 Å². The number of benzene rings is 1. The number of hydrogen-bond donors (Lipinski definition) is 2. The number of thiocarbonyl (C=S) groups is 1. The summed E-state index contributed by atoms with van der Waals surface area (Å²) in [6.45, 7) is 0.115. The van der Waals surface area contributed by atoms with Gasteiger partial charge in [-0.05, 0) is 12.1 Å². The summed E-state index contributed by atoms with van der Waals surface area (Å²) in [4.78, 5) is 0.0498. The maximum Gasteiger partial charge on any atom is 0.242 e. The predicted octanol–water partition coefficient (Wildman–Crippen LogP) is 1.19. The number of aryl methyl sites for hydroxylation is 1. The van der Waals surface area contributed by atoms with E-state index in [0.29, 0.717) is 5.56 Å². The molecule has 0 fully saturated rings. The van der Waals surface area contributed by atoms with E-state index in [1.807, 2.05) is 0 Å². The molecule has 3 N–H and O–H groups in total. The summed E-state index contributed by atoms with van der Waals surface area (Å²) in [5, 5.41) is 4.07. The Morgan fingerprint density at radius 2 is 2.24 bits per heavy atom. The van der Waals surface area contributed by atoms with Crippen LogP contribution >= 0.6 is 23.8 Å². The van der Waals surface area contributed by atoms with Gasteiger partial charge in [-0.15, -0.1) is 0 Å². The summed E-state index contributed by atoms with van der Waals surface area (Å²) in [7, 11) is -2.02. The predicted molar refractivity (Wildman–Crippen MR) is 84.6 cm³/mol. The molecule has 0 saturated heterocycles. The average Bonchev–Trinajstić information content (AvgIpc) is 2.82. The number of nitrogens with two attached hydrogens (primary N) is 1. The molecule has 1 aromatic carbocycles. The second-order valence-electron chi connectivity index (χ2n) is 4.36. The maximum atomic E-state index is 12.3. The summed E-state index contributed by atoms with van der Waals surface area (Å²) in [6.07, 6.45) is 3.30. The minimum atomic E-state index is -3.77. The quantitative estimate of drug-likeness (QED) is 0.795. The van der Waals surface area contributed by atoms with Crippen LogP contribution in [0.2, 0.25) is 5.02 Å². The van der Waals surface area contributed by atoms with Gasteiger partial charge < -0.3 is 5.73 Å². The molecule has 6 nitrogen and oxygen atoms in total. The van der Waals surface area contributed by atoms with E-state index in [4.69, 9.17) is 29.6 Å². The first-order valence-electron chi connectivity index (χ1n) is 5.86. The van der Waals surface area contributed by atoms with Crippen LogP contribution < -0.4 is 10.5 Å². The lowest BCUT2D eigenvalue weighted by atomic mass is 10.2. The van der Waals surface area contributed by atoms with Crippen molar-refractivity contribution in [2.75, 3.05) is 0 Å². The highest BCUT2D eigenvalue weighted by atomic mass is 35.5. The van der Waals surface area contributed by atoms with Crippen molar-refractivity contribution in [3.8, 4) is 0 Å². The highest BCUT2D eigenvalue weighted by Gasteiger charge is 2.19. The summed E-state index contributed by atoms with van der Waals surface area (Å²) in [5.74, 6) is 0. The van der Waals surface area contributed by atoms with Crippen LogP contribution in [0.4, 0.5) is 0 Å². The molecule has 0 saturated carbocycles. The van der Waals surface area contributed by atoms with Crippen LogP contribution in [0.3, 0.4) is 0 Å². The summed E-state index contributed by atoms with van der Waals surface area (Å²) >= 11 is 10.8. The highest BCUT2D eigenvalue weighted by molar-refractivity contribution is 7.89. The highest BCUT2D eigenvalue weighted by Crippen LogP contribution is 2.22. The van der Waals surface area contributed by atoms with Crippen LogP contribution in [0.15, 0.2) is 35.5 Å². The van der Waals surface area contributed by atoms with E-state index in [1.165, 1.54) is 12.1 Å². The number of sulfonamides is 1. The molecule has 1 heterocycles. The Labute approximate surface area is 133 Å². The zero-order valence-electron chi connectivity index (χ0n) is 11.1. The maximum absolute atomic E-state index is 12.3. The number of nitrogens with zero attached hydrogens (tertiary/aromatic N) is 2. The lowest BCUT2D eigenvalue weighted by molar-refractivity contribution is 0.581. The van der Waals surface area contributed by atoms with E-state index in [1.54, 1.807) is 30.2 Å². The first kappa shape index (κ1) is 15.9. The fourth-order valence-electron chi connectivity index (χ4n) is 1.68. The van der Waals surface area contributed by atoms with E-state index < -0.39 is 10.0 Å². The molecule has 0 spiro atoms. The number of aromatic nitrogens is 2. The summed E-state index contributed by atoms with van der Waals surface area (Å²) in [6, 6.07) is 4.38. The van der Waals surface area contributed by atoms with E-state index >= 15 is 0 Å². The third kappa shape index (κ3) is 3.79. The zero-order chi connectivity index (χ0) is 15.6. The fourth-order valence-corrected chi connectivity index (χ4v) is 3.35. The minimum absolute atomic E-state index is 0.0571. The summed E-state index contributed by atoms with van der Waals surface area (Å²) < 4.78 is 28.7. The van der Waals surface area contributed by atoms with Gasteiger partial charge in [-0.1, -0.05) is 29.9 Å². The molecule has 0 unspecified atom stereocenters. The summed E-state index contributed by atoms with van der Waals surface area (Å²) in [5.41, 5.74) is 6.69. The number of nitrogens with one attached hydrogen (secondary N) is 1. The van der Waals surface area contributed by atoms with E-state index in [2.05, 4.69) is 9.82 Å². The lowest BCUT2D eigenvalue weighted by Gasteiger charge is -2.09. The monoisotopic (exact) mass is 344 g/mol. The Balaban J connectivity index is 2.26. The van der Waals surface area contributed by atoms with Crippen molar-refractivity contribution in [3.63, 3.8) is 0 Å². The van der Waals surface area contributed by atoms with Gasteiger partial charge in [0, 0.05) is 30.9 Å². The molecule has 2 aromatic rings. The van der Waals surface area contributed by atoms with E-state index in [-0.39, 0.29) is 21.5 Å². The molecule has 0 atom stereocenters. The van der Waals surface area contributed by atoms with Crippen molar-refractivity contribution >= 4 is 38.8 Å². The van der Waals surface area contributed by atoms with Crippen LogP contribution in [0.25, 0.3) is 0 Å². The van der Waals surface area contributed by atoms with Gasteiger partial charge in [0.15, 0.2) is 0 Å². The van der Waals surface area contributed by atoms with Crippen molar-refractivity contribution in [2.45, 2.75) is 11.4 Å². The lowest BCUT2D eigenvalue weighted by Crippen LogP contribution is -2.24. The van der Waals surface area contributed by atoms with Gasteiger partial charge >= 0.3 is 0 Å². The van der Waals surface area contributed by atoms with Crippen molar-refractivity contribution in [2.24, 2.45) is 12.8 Å². The van der Waals surface area contributed by atoms with Gasteiger partial charge in [0.25, 0.3) is 0 Å². The Kier molecular flexibility index (Phi) is 4.62. The van der Waals surface area contributed by atoms with E-state index in [0.717, 1.165) is 5.56 Å². The third-order valence-electron chi connectivity index (χ3n) is 2.73. The van der Waals surface area contributed by atoms with Crippen LogP contribution in [0.5, 0.6) is 0 Å². The number of hydrogen-bond acceptors (Lipinski definition) is 4. The molecule has 0 bridgehead atoms. The molecule has 0 aliphatic heterocycles. The number of halogens is 1. The van der Waals surface area contributed by atoms with Gasteiger partial charge in [-0.2, -0.15) is 5.10 Å². The van der Waals surface area contributed by atoms with Crippen LogP contribution in [0, 0.1) is 0 Å². The van der Waals surface area contributed by atoms with Crippen LogP contribution in [0.1, 0.15) is 11.1 Å². The zero-order valence-corrected chi connectivity index (χ0v) is 13.5. The largest absolute Gasteiger partial charge is 0.389 e. The van der Waals surface area contributed by atoms with Crippen molar-refractivity contribution in [3.05, 3.63) is 46.7 Å². The molecule has 0 aliphatic rings. The molecule has 112 valence electrons. The first-order chi connectivity index (χ1) is 9.79. The average molecular weight is 345 g/mol. The second kappa shape index (κ2) is 6.10. The molecular weight excluding hydrogens is 332 g/mol. The second-order valence-corrected chi connectivity index (χ2v) is 6.94.